The van der Waals surface area contributed by atoms with Crippen LogP contribution in [0.25, 0.3) is 10.9 Å². The number of amides is 1. The highest BCUT2D eigenvalue weighted by Gasteiger charge is 2.28. The minimum atomic E-state index is -1.31. The van der Waals surface area contributed by atoms with E-state index in [0.717, 1.165) is 29.7 Å². The molecule has 3 aromatic rings. The number of carbonyl (C=O) groups is 2. The number of aromatic nitrogens is 1. The lowest BCUT2D eigenvalue weighted by Gasteiger charge is -2.36. The van der Waals surface area contributed by atoms with E-state index in [1.165, 1.54) is 12.3 Å². The number of pyridine rings is 1. The molecule has 2 aromatic carbocycles. The van der Waals surface area contributed by atoms with Gasteiger partial charge in [0.2, 0.25) is 11.3 Å². The van der Waals surface area contributed by atoms with Gasteiger partial charge < -0.3 is 19.9 Å². The van der Waals surface area contributed by atoms with Crippen LogP contribution in [0.2, 0.25) is 0 Å². The van der Waals surface area contributed by atoms with E-state index in [9.17, 15) is 19.5 Å². The number of rotatable bonds is 6. The number of carboxylic acid groups (broad SMARTS) is 1. The predicted octanol–water partition coefficient (Wildman–Crippen LogP) is 3.55. The van der Waals surface area contributed by atoms with Gasteiger partial charge in [-0.1, -0.05) is 12.1 Å². The Morgan fingerprint density at radius 3 is 2.47 bits per heavy atom. The lowest BCUT2D eigenvalue weighted by Crippen LogP contribution is -2.49. The monoisotopic (exact) mass is 492 g/mol. The summed E-state index contributed by atoms with van der Waals surface area (Å²) in [6.45, 7) is 6.42. The molecule has 0 unspecified atom stereocenters. The normalized spacial score (nSPS) is 16.4. The van der Waals surface area contributed by atoms with Gasteiger partial charge in [0.05, 0.1) is 17.7 Å². The Hall–Kier alpha value is -3.72. The van der Waals surface area contributed by atoms with E-state index < -0.39 is 17.2 Å². The van der Waals surface area contributed by atoms with Crippen LogP contribution < -0.4 is 15.6 Å². The zero-order valence-corrected chi connectivity index (χ0v) is 20.4. The van der Waals surface area contributed by atoms with Gasteiger partial charge in [-0.25, -0.2) is 9.18 Å². The van der Waals surface area contributed by atoms with Crippen molar-refractivity contribution in [2.75, 3.05) is 42.9 Å². The minimum Gasteiger partial charge on any atom is -0.477 e. The fourth-order valence-electron chi connectivity index (χ4n) is 4.82. The Labute approximate surface area is 207 Å². The molecule has 2 fully saturated rings. The van der Waals surface area contributed by atoms with Crippen LogP contribution in [0, 0.1) is 19.7 Å². The fraction of sp³-hybridized carbons (Fsp3) is 0.370. The van der Waals surface area contributed by atoms with Crippen molar-refractivity contribution in [1.29, 1.82) is 0 Å². The first-order valence-electron chi connectivity index (χ1n) is 12.2. The molecule has 1 saturated heterocycles. The van der Waals surface area contributed by atoms with Gasteiger partial charge in [0, 0.05) is 49.5 Å². The molecule has 1 amide bonds. The molecule has 1 saturated carbocycles. The van der Waals surface area contributed by atoms with Crippen molar-refractivity contribution >= 4 is 34.2 Å². The van der Waals surface area contributed by atoms with Crippen LogP contribution in [-0.4, -0.2) is 59.2 Å². The summed E-state index contributed by atoms with van der Waals surface area (Å²) in [6, 6.07) is 8.89. The van der Waals surface area contributed by atoms with Gasteiger partial charge in [0.25, 0.3) is 0 Å². The Morgan fingerprint density at radius 1 is 1.08 bits per heavy atom. The van der Waals surface area contributed by atoms with Crippen LogP contribution in [-0.2, 0) is 4.79 Å². The van der Waals surface area contributed by atoms with E-state index in [2.05, 4.69) is 5.32 Å². The molecule has 0 radical (unpaired) electrons. The summed E-state index contributed by atoms with van der Waals surface area (Å²) >= 11 is 0. The molecule has 2 N–H and O–H groups in total. The maximum absolute atomic E-state index is 15.2. The Kier molecular flexibility index (Phi) is 6.26. The third-order valence-corrected chi connectivity index (χ3v) is 7.02. The third kappa shape index (κ3) is 4.70. The van der Waals surface area contributed by atoms with Crippen LogP contribution in [0.15, 0.2) is 41.3 Å². The zero-order valence-electron chi connectivity index (χ0n) is 20.4. The quantitative estimate of drug-likeness (QED) is 0.547. The highest BCUT2D eigenvalue weighted by molar-refractivity contribution is 5.94. The van der Waals surface area contributed by atoms with Crippen molar-refractivity contribution in [2.24, 2.45) is 0 Å². The van der Waals surface area contributed by atoms with Crippen LogP contribution in [0.1, 0.15) is 40.4 Å². The number of benzene rings is 2. The van der Waals surface area contributed by atoms with Crippen LogP contribution >= 0.6 is 0 Å². The topological polar surface area (TPSA) is 94.9 Å². The lowest BCUT2D eigenvalue weighted by atomic mass is 10.1. The average molecular weight is 493 g/mol. The Morgan fingerprint density at radius 2 is 1.81 bits per heavy atom. The van der Waals surface area contributed by atoms with Crippen molar-refractivity contribution in [3.63, 3.8) is 0 Å². The second-order valence-corrected chi connectivity index (χ2v) is 9.77. The van der Waals surface area contributed by atoms with Gasteiger partial charge in [-0.05, 0) is 56.0 Å². The van der Waals surface area contributed by atoms with Crippen molar-refractivity contribution in [2.45, 2.75) is 32.7 Å². The van der Waals surface area contributed by atoms with E-state index in [-0.39, 0.29) is 29.4 Å². The van der Waals surface area contributed by atoms with Gasteiger partial charge in [0.15, 0.2) is 0 Å². The molecule has 5 rings (SSSR count). The Bertz CT molecular complexity index is 1420. The van der Waals surface area contributed by atoms with E-state index in [1.807, 2.05) is 41.8 Å². The minimum absolute atomic E-state index is 0.0864. The molecular weight excluding hydrogens is 463 g/mol. The standard InChI is InChI=1S/C27H29FN4O4/c1-16-3-4-17(2)22(11-16)29-25(33)15-30-7-9-31(10-8-30)24-13-23-19(12-21(24)28)26(34)20(27(35)36)14-32(23)18-5-6-18/h3-4,11-14,18H,5-10,15H2,1-2H3,(H,29,33)(H,35,36). The maximum Gasteiger partial charge on any atom is 0.341 e. The molecule has 2 aliphatic rings. The molecule has 1 aliphatic heterocycles. The van der Waals surface area contributed by atoms with Gasteiger partial charge >= 0.3 is 5.97 Å². The molecular formula is C27H29FN4O4. The summed E-state index contributed by atoms with van der Waals surface area (Å²) < 4.78 is 17.0. The molecule has 9 heteroatoms. The molecule has 8 nitrogen and oxygen atoms in total. The molecule has 0 bridgehead atoms. The smallest absolute Gasteiger partial charge is 0.341 e. The zero-order chi connectivity index (χ0) is 25.6. The number of carbonyl (C=O) groups excluding carboxylic acids is 1. The number of fused-ring (bicyclic) bond motifs is 1. The number of piperazine rings is 1. The summed E-state index contributed by atoms with van der Waals surface area (Å²) in [5.74, 6) is -1.94. The van der Waals surface area contributed by atoms with E-state index in [1.54, 1.807) is 10.6 Å². The second kappa shape index (κ2) is 9.39. The van der Waals surface area contributed by atoms with Gasteiger partial charge in [0.1, 0.15) is 11.4 Å². The third-order valence-electron chi connectivity index (χ3n) is 7.02. The van der Waals surface area contributed by atoms with Crippen LogP contribution in [0.5, 0.6) is 0 Å². The Balaban J connectivity index is 1.31. The SMILES string of the molecule is Cc1ccc(C)c(NC(=O)CN2CCN(c3cc4c(cc3F)c(=O)c(C(=O)O)cn4C3CC3)CC2)c1. The van der Waals surface area contributed by atoms with Crippen LogP contribution in [0.3, 0.4) is 0 Å². The summed E-state index contributed by atoms with van der Waals surface area (Å²) in [5, 5.41) is 12.5. The van der Waals surface area contributed by atoms with Gasteiger partial charge in [-0.3, -0.25) is 14.5 Å². The average Bonchev–Trinajstić information content (AvgIpc) is 3.67. The van der Waals surface area contributed by atoms with E-state index in [4.69, 9.17) is 0 Å². The molecule has 0 spiro atoms. The summed E-state index contributed by atoms with van der Waals surface area (Å²) in [4.78, 5) is 40.8. The number of aromatic carboxylic acids is 1. The molecule has 36 heavy (non-hydrogen) atoms. The first kappa shape index (κ1) is 24.0. The number of nitrogens with zero attached hydrogens (tertiary/aromatic N) is 3. The first-order valence-corrected chi connectivity index (χ1v) is 12.2. The summed E-state index contributed by atoms with van der Waals surface area (Å²) in [5.41, 5.74) is 2.83. The number of aryl methyl sites for hydroxylation is 2. The number of halogens is 1. The highest BCUT2D eigenvalue weighted by Crippen LogP contribution is 2.38. The number of anilines is 2. The highest BCUT2D eigenvalue weighted by atomic mass is 19.1. The number of hydrogen-bond acceptors (Lipinski definition) is 5. The fourth-order valence-corrected chi connectivity index (χ4v) is 4.82. The van der Waals surface area contributed by atoms with Crippen molar-refractivity contribution in [3.8, 4) is 0 Å². The largest absolute Gasteiger partial charge is 0.477 e. The van der Waals surface area contributed by atoms with E-state index in [0.29, 0.717) is 37.4 Å². The number of carboxylic acids is 1. The molecule has 1 aromatic heterocycles. The molecule has 2 heterocycles. The van der Waals surface area contributed by atoms with Crippen molar-refractivity contribution in [1.82, 2.24) is 9.47 Å². The maximum atomic E-state index is 15.2. The molecule has 0 atom stereocenters. The lowest BCUT2D eigenvalue weighted by molar-refractivity contribution is -0.117. The van der Waals surface area contributed by atoms with Gasteiger partial charge in [-0.2, -0.15) is 0 Å². The van der Waals surface area contributed by atoms with Crippen LogP contribution in [0.4, 0.5) is 15.8 Å². The number of hydrogen-bond donors (Lipinski definition) is 2. The van der Waals surface area contributed by atoms with E-state index >= 15 is 4.39 Å². The second-order valence-electron chi connectivity index (χ2n) is 9.77. The van der Waals surface area contributed by atoms with Crippen molar-refractivity contribution in [3.05, 3.63) is 69.3 Å². The predicted molar refractivity (Wildman–Crippen MR) is 137 cm³/mol. The summed E-state index contributed by atoms with van der Waals surface area (Å²) in [6.07, 6.45) is 3.18. The first-order chi connectivity index (χ1) is 17.2. The molecule has 188 valence electrons. The summed E-state index contributed by atoms with van der Waals surface area (Å²) in [7, 11) is 0. The van der Waals surface area contributed by atoms with Crippen molar-refractivity contribution < 1.29 is 19.1 Å². The van der Waals surface area contributed by atoms with Gasteiger partial charge in [-0.15, -0.1) is 0 Å². The number of nitrogens with one attached hydrogen (secondary N) is 1. The molecule has 1 aliphatic carbocycles.